The van der Waals surface area contributed by atoms with E-state index >= 15 is 0 Å². The van der Waals surface area contributed by atoms with Gasteiger partial charge in [0.15, 0.2) is 5.16 Å². The monoisotopic (exact) mass is 297 g/mol. The molecule has 1 aromatic rings. The first-order chi connectivity index (χ1) is 9.60. The van der Waals surface area contributed by atoms with E-state index < -0.39 is 0 Å². The summed E-state index contributed by atoms with van der Waals surface area (Å²) >= 11 is 1.39. The highest BCUT2D eigenvalue weighted by Crippen LogP contribution is 2.15. The molecule has 8 heteroatoms. The number of aromatic nitrogens is 3. The molecule has 0 fully saturated rings. The number of nitrogens with zero attached hydrogens (tertiary/aromatic N) is 4. The molecule has 7 nitrogen and oxygen atoms in total. The van der Waals surface area contributed by atoms with E-state index in [1.54, 1.807) is 16.5 Å². The van der Waals surface area contributed by atoms with Crippen molar-refractivity contribution in [2.24, 2.45) is 0 Å². The van der Waals surface area contributed by atoms with Gasteiger partial charge in [0, 0.05) is 32.3 Å². The Labute approximate surface area is 122 Å². The van der Waals surface area contributed by atoms with Gasteiger partial charge in [-0.1, -0.05) is 18.7 Å². The average molecular weight is 297 g/mol. The molecule has 0 aliphatic heterocycles. The molecule has 1 amide bonds. The second-order valence-corrected chi connectivity index (χ2v) is 5.35. The minimum atomic E-state index is -0.216. The maximum absolute atomic E-state index is 11.8. The summed E-state index contributed by atoms with van der Waals surface area (Å²) in [6.45, 7) is 3.05. The molecule has 0 unspecified atom stereocenters. The Balaban J connectivity index is 2.43. The third-order valence-electron chi connectivity index (χ3n) is 2.70. The Morgan fingerprint density at radius 3 is 3.00 bits per heavy atom. The normalized spacial score (nSPS) is 10.2. The van der Waals surface area contributed by atoms with E-state index in [0.29, 0.717) is 36.8 Å². The second kappa shape index (κ2) is 8.43. The summed E-state index contributed by atoms with van der Waals surface area (Å²) in [4.78, 5) is 24.8. The fraction of sp³-hybridized carbons (Fsp3) is 0.667. The number of nitriles is 1. The predicted octanol–water partition coefficient (Wildman–Crippen LogP) is 0.836. The highest BCUT2D eigenvalue weighted by molar-refractivity contribution is 7.99. The molecule has 0 spiro atoms. The van der Waals surface area contributed by atoms with E-state index in [2.05, 4.69) is 10.2 Å². The quantitative estimate of drug-likeness (QED) is 0.717. The molecule has 0 radical (unpaired) electrons. The van der Waals surface area contributed by atoms with Crippen molar-refractivity contribution in [1.29, 1.82) is 5.26 Å². The molecule has 20 heavy (non-hydrogen) atoms. The zero-order chi connectivity index (χ0) is 15.0. The highest BCUT2D eigenvalue weighted by Gasteiger charge is 2.11. The Kier molecular flexibility index (Phi) is 6.87. The second-order valence-electron chi connectivity index (χ2n) is 4.28. The summed E-state index contributed by atoms with van der Waals surface area (Å²) < 4.78 is 1.58. The van der Waals surface area contributed by atoms with Gasteiger partial charge in [-0.05, 0) is 6.42 Å². The number of amides is 1. The van der Waals surface area contributed by atoms with Gasteiger partial charge in [-0.2, -0.15) is 5.26 Å². The lowest BCUT2D eigenvalue weighted by Gasteiger charge is -2.14. The van der Waals surface area contributed by atoms with E-state index in [-0.39, 0.29) is 11.6 Å². The molecule has 0 bridgehead atoms. The minimum Gasteiger partial charge on any atom is -0.345 e. The van der Waals surface area contributed by atoms with Crippen LogP contribution >= 0.6 is 11.8 Å². The van der Waals surface area contributed by atoms with Gasteiger partial charge in [0.1, 0.15) is 0 Å². The van der Waals surface area contributed by atoms with Crippen molar-refractivity contribution < 1.29 is 4.79 Å². The number of rotatable bonds is 8. The lowest BCUT2D eigenvalue weighted by molar-refractivity contribution is -0.129. The van der Waals surface area contributed by atoms with Crippen LogP contribution in [0.3, 0.4) is 0 Å². The average Bonchev–Trinajstić information content (AvgIpc) is 2.78. The molecule has 0 saturated carbocycles. The Morgan fingerprint density at radius 2 is 2.35 bits per heavy atom. The molecule has 1 aromatic heterocycles. The van der Waals surface area contributed by atoms with Gasteiger partial charge in [-0.25, -0.2) is 9.89 Å². The van der Waals surface area contributed by atoms with E-state index in [1.165, 1.54) is 11.8 Å². The predicted molar refractivity (Wildman–Crippen MR) is 76.3 cm³/mol. The van der Waals surface area contributed by atoms with E-state index in [4.69, 9.17) is 5.26 Å². The number of carbonyl (C=O) groups is 1. The number of H-pyrrole nitrogens is 1. The number of aromatic amines is 1. The first kappa shape index (κ1) is 16.3. The molecule has 110 valence electrons. The molecular weight excluding hydrogens is 278 g/mol. The standard InChI is InChI=1S/C12H19N5O2S/c1-3-7-17-11(19)14-15-12(17)20-9-5-10(18)16(2)8-4-6-13/h3-5,7-9H2,1-2H3,(H,14,19). The zero-order valence-corrected chi connectivity index (χ0v) is 12.6. The molecular formula is C12H19N5O2S. The topological polar surface area (TPSA) is 94.8 Å². The Hall–Kier alpha value is -1.75. The van der Waals surface area contributed by atoms with Crippen LogP contribution in [-0.4, -0.2) is 44.9 Å². The number of thioether (sulfide) groups is 1. The maximum Gasteiger partial charge on any atom is 0.343 e. The van der Waals surface area contributed by atoms with Gasteiger partial charge in [-0.3, -0.25) is 9.36 Å². The van der Waals surface area contributed by atoms with Crippen LogP contribution in [0.5, 0.6) is 0 Å². The summed E-state index contributed by atoms with van der Waals surface area (Å²) in [5.41, 5.74) is -0.216. The number of nitrogens with one attached hydrogen (secondary N) is 1. The number of hydrogen-bond donors (Lipinski definition) is 1. The van der Waals surface area contributed by atoms with Gasteiger partial charge in [0.25, 0.3) is 0 Å². The third kappa shape index (κ3) is 4.74. The Morgan fingerprint density at radius 1 is 1.60 bits per heavy atom. The first-order valence-corrected chi connectivity index (χ1v) is 7.47. The summed E-state index contributed by atoms with van der Waals surface area (Å²) in [6.07, 6.45) is 1.55. The summed E-state index contributed by atoms with van der Waals surface area (Å²) in [5.74, 6) is 0.552. The lowest BCUT2D eigenvalue weighted by Crippen LogP contribution is -2.27. The molecule has 0 atom stereocenters. The lowest BCUT2D eigenvalue weighted by atomic mass is 10.3. The van der Waals surface area contributed by atoms with E-state index in [1.807, 2.05) is 13.0 Å². The zero-order valence-electron chi connectivity index (χ0n) is 11.8. The smallest absolute Gasteiger partial charge is 0.343 e. The number of carbonyl (C=O) groups excluding carboxylic acids is 1. The van der Waals surface area contributed by atoms with Crippen molar-refractivity contribution >= 4 is 17.7 Å². The summed E-state index contributed by atoms with van der Waals surface area (Å²) in [7, 11) is 1.69. The van der Waals surface area contributed by atoms with E-state index in [0.717, 1.165) is 6.42 Å². The Bertz CT molecular complexity index is 531. The van der Waals surface area contributed by atoms with Crippen LogP contribution in [-0.2, 0) is 11.3 Å². The van der Waals surface area contributed by atoms with Gasteiger partial charge in [-0.15, -0.1) is 5.10 Å². The molecule has 1 heterocycles. The van der Waals surface area contributed by atoms with Crippen LogP contribution in [0.2, 0.25) is 0 Å². The fourth-order valence-electron chi connectivity index (χ4n) is 1.60. The van der Waals surface area contributed by atoms with Gasteiger partial charge in [0.2, 0.25) is 5.91 Å². The van der Waals surface area contributed by atoms with E-state index in [9.17, 15) is 9.59 Å². The van der Waals surface area contributed by atoms with Gasteiger partial charge < -0.3 is 4.90 Å². The minimum absolute atomic E-state index is 0.00678. The van der Waals surface area contributed by atoms with Crippen molar-refractivity contribution in [1.82, 2.24) is 19.7 Å². The molecule has 0 aromatic carbocycles. The molecule has 0 saturated heterocycles. The maximum atomic E-state index is 11.8. The SMILES string of the molecule is CCCn1c(SCCC(=O)N(C)CCC#N)n[nH]c1=O. The van der Waals surface area contributed by atoms with Crippen LogP contribution in [0, 0.1) is 11.3 Å². The van der Waals surface area contributed by atoms with Crippen molar-refractivity contribution in [3.63, 3.8) is 0 Å². The van der Waals surface area contributed by atoms with Crippen LogP contribution in [0.15, 0.2) is 9.95 Å². The molecule has 0 aliphatic carbocycles. The van der Waals surface area contributed by atoms with Crippen molar-refractivity contribution in [3.8, 4) is 6.07 Å². The molecule has 0 aliphatic rings. The van der Waals surface area contributed by atoms with Crippen LogP contribution in [0.4, 0.5) is 0 Å². The van der Waals surface area contributed by atoms with Crippen LogP contribution < -0.4 is 5.69 Å². The van der Waals surface area contributed by atoms with Crippen molar-refractivity contribution in [3.05, 3.63) is 10.5 Å². The molecule has 1 rings (SSSR count). The van der Waals surface area contributed by atoms with Crippen LogP contribution in [0.1, 0.15) is 26.2 Å². The third-order valence-corrected chi connectivity index (χ3v) is 3.68. The highest BCUT2D eigenvalue weighted by atomic mass is 32.2. The summed E-state index contributed by atoms with van der Waals surface area (Å²) in [6, 6.07) is 2.01. The number of hydrogen-bond acceptors (Lipinski definition) is 5. The van der Waals surface area contributed by atoms with Gasteiger partial charge >= 0.3 is 5.69 Å². The first-order valence-electron chi connectivity index (χ1n) is 6.49. The van der Waals surface area contributed by atoms with Crippen molar-refractivity contribution in [2.75, 3.05) is 19.3 Å². The largest absolute Gasteiger partial charge is 0.345 e. The van der Waals surface area contributed by atoms with Crippen molar-refractivity contribution in [2.45, 2.75) is 37.9 Å². The fourth-order valence-corrected chi connectivity index (χ4v) is 2.50. The summed E-state index contributed by atoms with van der Waals surface area (Å²) in [5, 5.41) is 15.4. The van der Waals surface area contributed by atoms with Gasteiger partial charge in [0.05, 0.1) is 12.5 Å². The molecule has 1 N–H and O–H groups in total. The van der Waals surface area contributed by atoms with Crippen LogP contribution in [0.25, 0.3) is 0 Å².